The summed E-state index contributed by atoms with van der Waals surface area (Å²) in [6, 6.07) is 0.929. The van der Waals surface area contributed by atoms with E-state index in [4.69, 9.17) is 9.88 Å². The molecule has 1 aromatic rings. The fourth-order valence-electron chi connectivity index (χ4n) is 2.99. The van der Waals surface area contributed by atoms with Crippen LogP contribution in [0.1, 0.15) is 38.3 Å². The Balaban J connectivity index is 2.54. The van der Waals surface area contributed by atoms with Crippen molar-refractivity contribution < 1.29 is 21.6 Å². The average molecular weight is 383 g/mol. The molecule has 2 heterocycles. The Bertz CT molecular complexity index is 785. The lowest BCUT2D eigenvalue weighted by atomic mass is 9.91. The fraction of sp³-hybridized carbons (Fsp3) is 0.692. The summed E-state index contributed by atoms with van der Waals surface area (Å²) in [5.74, 6) is 0. The van der Waals surface area contributed by atoms with Crippen LogP contribution in [-0.4, -0.2) is 41.8 Å². The van der Waals surface area contributed by atoms with Crippen LogP contribution in [0.2, 0.25) is 0 Å². The minimum Gasteiger partial charge on any atom is -0.385 e. The molecule has 0 aliphatic carbocycles. The van der Waals surface area contributed by atoms with Gasteiger partial charge in [0.05, 0.1) is 10.8 Å². The normalized spacial score (nSPS) is 26.3. The van der Waals surface area contributed by atoms with E-state index >= 15 is 0 Å². The molecule has 10 heteroatoms. The first-order valence-corrected chi connectivity index (χ1v) is 11.1. The predicted molar refractivity (Wildman–Crippen MR) is 88.8 cm³/mol. The van der Waals surface area contributed by atoms with Crippen LogP contribution >= 0.6 is 11.3 Å². The second kappa shape index (κ2) is 6.41. The van der Waals surface area contributed by atoms with Crippen LogP contribution < -0.4 is 10.5 Å². The van der Waals surface area contributed by atoms with Gasteiger partial charge in [-0.3, -0.25) is 0 Å². The van der Waals surface area contributed by atoms with Crippen molar-refractivity contribution in [3.63, 3.8) is 0 Å². The maximum absolute atomic E-state index is 13.0. The van der Waals surface area contributed by atoms with E-state index in [2.05, 4.69) is 5.32 Å². The van der Waals surface area contributed by atoms with Crippen molar-refractivity contribution in [2.45, 2.75) is 45.9 Å². The maximum atomic E-state index is 13.0. The molecular formula is C13H22N2O5S3. The number of nitrogens with one attached hydrogen (secondary N) is 1. The number of thiophene rings is 1. The van der Waals surface area contributed by atoms with Gasteiger partial charge in [-0.1, -0.05) is 6.92 Å². The molecule has 0 amide bonds. The molecule has 1 aromatic heterocycles. The summed E-state index contributed by atoms with van der Waals surface area (Å²) in [6.45, 7) is 4.63. The second-order valence-corrected chi connectivity index (χ2v) is 11.2. The Kier molecular flexibility index (Phi) is 5.25. The first-order valence-electron chi connectivity index (χ1n) is 7.23. The molecule has 132 valence electrons. The van der Waals surface area contributed by atoms with Crippen molar-refractivity contribution in [1.82, 2.24) is 5.32 Å². The number of nitrogens with two attached hydrogens (primary N) is 1. The van der Waals surface area contributed by atoms with Crippen LogP contribution in [0, 0.1) is 0 Å². The molecular weight excluding hydrogens is 360 g/mol. The third kappa shape index (κ3) is 3.08. The predicted octanol–water partition coefficient (Wildman–Crippen LogP) is 1.02. The van der Waals surface area contributed by atoms with Gasteiger partial charge in [-0.25, -0.2) is 22.0 Å². The smallest absolute Gasteiger partial charge is 0.247 e. The van der Waals surface area contributed by atoms with E-state index < -0.39 is 30.6 Å². The van der Waals surface area contributed by atoms with Gasteiger partial charge >= 0.3 is 0 Å². The summed E-state index contributed by atoms with van der Waals surface area (Å²) in [7, 11) is -6.01. The highest BCUT2D eigenvalue weighted by Crippen LogP contribution is 2.52. The molecule has 7 nitrogen and oxygen atoms in total. The van der Waals surface area contributed by atoms with Gasteiger partial charge in [0.2, 0.25) is 10.0 Å². The summed E-state index contributed by atoms with van der Waals surface area (Å²) in [5.41, 5.74) is 0.501. The molecule has 0 radical (unpaired) electrons. The highest BCUT2D eigenvalue weighted by atomic mass is 32.3. The summed E-state index contributed by atoms with van der Waals surface area (Å²) in [4.78, 5) is 0. The molecule has 0 spiro atoms. The molecule has 23 heavy (non-hydrogen) atoms. The minimum absolute atomic E-state index is 0.104. The van der Waals surface area contributed by atoms with Gasteiger partial charge in [0.15, 0.2) is 9.84 Å². The van der Waals surface area contributed by atoms with E-state index in [9.17, 15) is 16.8 Å². The van der Waals surface area contributed by atoms with E-state index in [0.29, 0.717) is 31.6 Å². The van der Waals surface area contributed by atoms with Crippen LogP contribution in [0.5, 0.6) is 0 Å². The lowest BCUT2D eigenvalue weighted by Gasteiger charge is -2.31. The standard InChI is InChI=1S/C13H22N2O5S3/c1-4-15-11-9-8-10(23(14,18)19)21-12(9)22(16,17)13(11,2)6-5-7-20-3/h8,11,15H,4-7H2,1-3H3,(H2,14,18,19). The Hall–Kier alpha value is -0.520. The molecule has 0 saturated carbocycles. The number of hydrogen-bond donors (Lipinski definition) is 2. The minimum atomic E-state index is -3.92. The molecule has 0 aromatic carbocycles. The lowest BCUT2D eigenvalue weighted by molar-refractivity contribution is 0.186. The van der Waals surface area contributed by atoms with E-state index in [1.807, 2.05) is 6.92 Å². The number of ether oxygens (including phenoxy) is 1. The maximum Gasteiger partial charge on any atom is 0.247 e. The molecule has 1 aliphatic rings. The third-order valence-corrected chi connectivity index (χ3v) is 9.86. The molecule has 2 unspecified atom stereocenters. The van der Waals surface area contributed by atoms with E-state index in [-0.39, 0.29) is 8.42 Å². The lowest BCUT2D eigenvalue weighted by Crippen LogP contribution is -2.43. The molecule has 2 rings (SSSR count). The van der Waals surface area contributed by atoms with Crippen LogP contribution in [0.25, 0.3) is 0 Å². The Labute approximate surface area is 141 Å². The average Bonchev–Trinajstić information content (AvgIpc) is 2.94. The molecule has 2 atom stereocenters. The number of methoxy groups -OCH3 is 1. The summed E-state index contributed by atoms with van der Waals surface area (Å²) >= 11 is 0.735. The molecule has 0 saturated heterocycles. The van der Waals surface area contributed by atoms with Crippen molar-refractivity contribution in [3.8, 4) is 0 Å². The van der Waals surface area contributed by atoms with Crippen molar-refractivity contribution in [1.29, 1.82) is 0 Å². The van der Waals surface area contributed by atoms with Crippen LogP contribution in [0.15, 0.2) is 14.5 Å². The first kappa shape index (κ1) is 18.8. The number of sulfonamides is 1. The number of primary sulfonamides is 1. The van der Waals surface area contributed by atoms with E-state index in [1.165, 1.54) is 6.07 Å². The fourth-order valence-corrected chi connectivity index (χ4v) is 7.94. The highest BCUT2D eigenvalue weighted by molar-refractivity contribution is 7.96. The monoisotopic (exact) mass is 382 g/mol. The SMILES string of the molecule is CCNC1c2cc(S(N)(=O)=O)sc2S(=O)(=O)C1(C)CCCOC. The van der Waals surface area contributed by atoms with Crippen LogP contribution in [0.3, 0.4) is 0 Å². The van der Waals surface area contributed by atoms with Gasteiger partial charge in [0.1, 0.15) is 8.42 Å². The zero-order chi connectivity index (χ0) is 17.5. The molecule has 1 aliphatic heterocycles. The van der Waals surface area contributed by atoms with Crippen LogP contribution in [-0.2, 0) is 24.6 Å². The van der Waals surface area contributed by atoms with Crippen molar-refractivity contribution >= 4 is 31.2 Å². The quantitative estimate of drug-likeness (QED) is 0.680. The summed E-state index contributed by atoms with van der Waals surface area (Å²) < 4.78 is 53.1. The van der Waals surface area contributed by atoms with Crippen molar-refractivity contribution in [2.75, 3.05) is 20.3 Å². The van der Waals surface area contributed by atoms with Gasteiger partial charge in [-0.05, 0) is 32.4 Å². The van der Waals surface area contributed by atoms with Gasteiger partial charge in [-0.2, -0.15) is 0 Å². The number of rotatable bonds is 7. The summed E-state index contributed by atoms with van der Waals surface area (Å²) in [6.07, 6.45) is 1.03. The largest absolute Gasteiger partial charge is 0.385 e. The van der Waals surface area contributed by atoms with Crippen LogP contribution in [0.4, 0.5) is 0 Å². The summed E-state index contributed by atoms with van der Waals surface area (Å²) in [5, 5.41) is 8.33. The van der Waals surface area contributed by atoms with E-state index in [0.717, 1.165) is 11.3 Å². The second-order valence-electron chi connectivity index (χ2n) is 5.76. The first-order chi connectivity index (χ1) is 10.6. The Morgan fingerprint density at radius 3 is 2.65 bits per heavy atom. The molecule has 3 N–H and O–H groups in total. The number of hydrogen-bond acceptors (Lipinski definition) is 7. The topological polar surface area (TPSA) is 116 Å². The third-order valence-electron chi connectivity index (χ3n) is 4.19. The van der Waals surface area contributed by atoms with E-state index in [1.54, 1.807) is 14.0 Å². The van der Waals surface area contributed by atoms with Gasteiger partial charge < -0.3 is 10.1 Å². The molecule has 0 fully saturated rings. The van der Waals surface area contributed by atoms with Crippen molar-refractivity contribution in [2.24, 2.45) is 5.14 Å². The van der Waals surface area contributed by atoms with Gasteiger partial charge in [0, 0.05) is 19.3 Å². The van der Waals surface area contributed by atoms with Gasteiger partial charge in [0.25, 0.3) is 0 Å². The number of sulfone groups is 1. The highest BCUT2D eigenvalue weighted by Gasteiger charge is 2.55. The van der Waals surface area contributed by atoms with Gasteiger partial charge in [-0.15, -0.1) is 11.3 Å². The Morgan fingerprint density at radius 1 is 1.48 bits per heavy atom. The zero-order valence-corrected chi connectivity index (χ0v) is 15.8. The van der Waals surface area contributed by atoms with Crippen molar-refractivity contribution in [3.05, 3.63) is 11.6 Å². The number of fused-ring (bicyclic) bond motifs is 1. The molecule has 0 bridgehead atoms. The Morgan fingerprint density at radius 2 is 2.13 bits per heavy atom. The zero-order valence-electron chi connectivity index (χ0n) is 13.3.